The highest BCUT2D eigenvalue weighted by atomic mass is 79.9. The van der Waals surface area contributed by atoms with Crippen LogP contribution in [0.15, 0.2) is 15.9 Å². The van der Waals surface area contributed by atoms with Crippen molar-refractivity contribution in [3.05, 3.63) is 20.8 Å². The Labute approximate surface area is 123 Å². The van der Waals surface area contributed by atoms with E-state index in [-0.39, 0.29) is 0 Å². The Morgan fingerprint density at radius 1 is 1.56 bits per heavy atom. The highest BCUT2D eigenvalue weighted by Crippen LogP contribution is 2.24. The van der Waals surface area contributed by atoms with E-state index < -0.39 is 0 Å². The normalized spacial score (nSPS) is 25.8. The molecule has 1 aliphatic heterocycles. The van der Waals surface area contributed by atoms with Crippen LogP contribution in [0.2, 0.25) is 0 Å². The Kier molecular flexibility index (Phi) is 5.24. The maximum atomic E-state index is 3.61. The van der Waals surface area contributed by atoms with Crippen molar-refractivity contribution < 1.29 is 0 Å². The molecule has 1 fully saturated rings. The molecule has 1 N–H and O–H groups in total. The summed E-state index contributed by atoms with van der Waals surface area (Å²) in [4.78, 5) is 4.11. The first-order chi connectivity index (χ1) is 8.54. The summed E-state index contributed by atoms with van der Waals surface area (Å²) in [6.07, 6.45) is 1.28. The molecule has 102 valence electrons. The minimum Gasteiger partial charge on any atom is -0.311 e. The molecule has 2 nitrogen and oxygen atoms in total. The molecule has 0 saturated carbocycles. The molecule has 2 unspecified atom stereocenters. The van der Waals surface area contributed by atoms with Crippen LogP contribution in [0.25, 0.3) is 0 Å². The standard InChI is InChI=1S/C14H23BrN2S/c1-10(2)4-13-6-16-11(3)7-17(13)8-14-5-12(15)9-18-14/h5,9-11,13,16H,4,6-8H2,1-3H3. The maximum absolute atomic E-state index is 3.61. The molecule has 0 radical (unpaired) electrons. The molecule has 0 bridgehead atoms. The van der Waals surface area contributed by atoms with E-state index in [2.05, 4.69) is 58.4 Å². The fourth-order valence-corrected chi connectivity index (χ4v) is 4.11. The molecule has 2 rings (SSSR count). The van der Waals surface area contributed by atoms with Crippen LogP contribution in [0.3, 0.4) is 0 Å². The van der Waals surface area contributed by atoms with Crippen LogP contribution in [0, 0.1) is 5.92 Å². The molecule has 0 aliphatic carbocycles. The number of hydrogen-bond donors (Lipinski definition) is 1. The predicted octanol–water partition coefficient (Wildman–Crippen LogP) is 3.72. The minimum atomic E-state index is 0.608. The number of hydrogen-bond acceptors (Lipinski definition) is 3. The first-order valence-corrected chi connectivity index (χ1v) is 8.42. The molecule has 0 amide bonds. The zero-order valence-electron chi connectivity index (χ0n) is 11.4. The second-order valence-corrected chi connectivity index (χ2v) is 7.66. The van der Waals surface area contributed by atoms with Gasteiger partial charge in [0.25, 0.3) is 0 Å². The molecule has 0 spiro atoms. The number of thiophene rings is 1. The van der Waals surface area contributed by atoms with Crippen LogP contribution in [-0.4, -0.2) is 30.1 Å². The zero-order valence-corrected chi connectivity index (χ0v) is 13.9. The van der Waals surface area contributed by atoms with Crippen molar-refractivity contribution in [1.82, 2.24) is 10.2 Å². The van der Waals surface area contributed by atoms with E-state index >= 15 is 0 Å². The Balaban J connectivity index is 2.00. The number of halogens is 1. The smallest absolute Gasteiger partial charge is 0.0332 e. The molecule has 2 atom stereocenters. The highest BCUT2D eigenvalue weighted by molar-refractivity contribution is 9.10. The van der Waals surface area contributed by atoms with Crippen LogP contribution in [0.5, 0.6) is 0 Å². The van der Waals surface area contributed by atoms with Crippen LogP contribution in [0.4, 0.5) is 0 Å². The van der Waals surface area contributed by atoms with Crippen LogP contribution >= 0.6 is 27.3 Å². The van der Waals surface area contributed by atoms with E-state index in [0.717, 1.165) is 25.6 Å². The lowest BCUT2D eigenvalue weighted by atomic mass is 9.99. The SMILES string of the molecule is CC(C)CC1CNC(C)CN1Cc1cc(Br)cs1. The van der Waals surface area contributed by atoms with Gasteiger partial charge < -0.3 is 5.32 Å². The third-order valence-corrected chi connectivity index (χ3v) is 5.13. The Morgan fingerprint density at radius 3 is 2.94 bits per heavy atom. The van der Waals surface area contributed by atoms with Gasteiger partial charge in [0, 0.05) is 46.4 Å². The van der Waals surface area contributed by atoms with Crippen molar-refractivity contribution in [1.29, 1.82) is 0 Å². The lowest BCUT2D eigenvalue weighted by molar-refractivity contribution is 0.112. The molecule has 1 aromatic rings. The van der Waals surface area contributed by atoms with Gasteiger partial charge in [0.2, 0.25) is 0 Å². The topological polar surface area (TPSA) is 15.3 Å². The summed E-state index contributed by atoms with van der Waals surface area (Å²) in [7, 11) is 0. The van der Waals surface area contributed by atoms with Gasteiger partial charge in [-0.1, -0.05) is 13.8 Å². The van der Waals surface area contributed by atoms with Gasteiger partial charge >= 0.3 is 0 Å². The van der Waals surface area contributed by atoms with Crippen molar-refractivity contribution in [2.24, 2.45) is 5.92 Å². The van der Waals surface area contributed by atoms with Crippen molar-refractivity contribution in [3.8, 4) is 0 Å². The first kappa shape index (κ1) is 14.5. The summed E-state index contributed by atoms with van der Waals surface area (Å²) in [6.45, 7) is 10.3. The average Bonchev–Trinajstić information content (AvgIpc) is 2.67. The van der Waals surface area contributed by atoms with Gasteiger partial charge in [-0.3, -0.25) is 4.90 Å². The Bertz CT molecular complexity index is 378. The van der Waals surface area contributed by atoms with E-state index in [0.29, 0.717) is 12.1 Å². The fraction of sp³-hybridized carbons (Fsp3) is 0.714. The second-order valence-electron chi connectivity index (χ2n) is 5.75. The minimum absolute atomic E-state index is 0.608. The van der Waals surface area contributed by atoms with E-state index in [9.17, 15) is 0 Å². The zero-order chi connectivity index (χ0) is 13.1. The van der Waals surface area contributed by atoms with Gasteiger partial charge in [0.1, 0.15) is 0 Å². The van der Waals surface area contributed by atoms with Gasteiger partial charge in [-0.2, -0.15) is 0 Å². The van der Waals surface area contributed by atoms with E-state index in [1.807, 2.05) is 11.3 Å². The van der Waals surface area contributed by atoms with Crippen molar-refractivity contribution >= 4 is 27.3 Å². The summed E-state index contributed by atoms with van der Waals surface area (Å²) in [5.74, 6) is 0.766. The molecular formula is C14H23BrN2S. The van der Waals surface area contributed by atoms with Crippen molar-refractivity contribution in [2.75, 3.05) is 13.1 Å². The van der Waals surface area contributed by atoms with Crippen LogP contribution in [0.1, 0.15) is 32.1 Å². The van der Waals surface area contributed by atoms with Crippen molar-refractivity contribution in [3.63, 3.8) is 0 Å². The monoisotopic (exact) mass is 330 g/mol. The molecule has 1 aromatic heterocycles. The van der Waals surface area contributed by atoms with Crippen molar-refractivity contribution in [2.45, 2.75) is 45.8 Å². The summed E-state index contributed by atoms with van der Waals surface area (Å²) < 4.78 is 1.21. The highest BCUT2D eigenvalue weighted by Gasteiger charge is 2.26. The third kappa shape index (κ3) is 4.05. The van der Waals surface area contributed by atoms with Gasteiger partial charge in [0.05, 0.1) is 0 Å². The number of nitrogens with zero attached hydrogens (tertiary/aromatic N) is 1. The Morgan fingerprint density at radius 2 is 2.33 bits per heavy atom. The largest absolute Gasteiger partial charge is 0.311 e. The summed E-state index contributed by atoms with van der Waals surface area (Å²) in [5.41, 5.74) is 0. The molecule has 1 saturated heterocycles. The number of rotatable bonds is 4. The average molecular weight is 331 g/mol. The van der Waals surface area contributed by atoms with Gasteiger partial charge in [-0.05, 0) is 41.3 Å². The fourth-order valence-electron chi connectivity index (χ4n) is 2.64. The van der Waals surface area contributed by atoms with Crippen LogP contribution in [-0.2, 0) is 6.54 Å². The van der Waals surface area contributed by atoms with Crippen LogP contribution < -0.4 is 5.32 Å². The van der Waals surface area contributed by atoms with Gasteiger partial charge in [-0.15, -0.1) is 11.3 Å². The molecule has 18 heavy (non-hydrogen) atoms. The third-order valence-electron chi connectivity index (χ3n) is 3.45. The lowest BCUT2D eigenvalue weighted by Crippen LogP contribution is -2.55. The lowest BCUT2D eigenvalue weighted by Gasteiger charge is -2.40. The molecule has 0 aromatic carbocycles. The van der Waals surface area contributed by atoms with E-state index in [1.165, 1.54) is 15.8 Å². The number of nitrogens with one attached hydrogen (secondary N) is 1. The summed E-state index contributed by atoms with van der Waals surface area (Å²) in [6, 6.07) is 3.54. The quantitative estimate of drug-likeness (QED) is 0.905. The van der Waals surface area contributed by atoms with E-state index in [1.54, 1.807) is 0 Å². The summed E-state index contributed by atoms with van der Waals surface area (Å²) in [5, 5.41) is 5.79. The predicted molar refractivity (Wildman–Crippen MR) is 83.1 cm³/mol. The van der Waals surface area contributed by atoms with Gasteiger partial charge in [-0.25, -0.2) is 0 Å². The molecule has 4 heteroatoms. The summed E-state index contributed by atoms with van der Waals surface area (Å²) >= 11 is 5.40. The molecule has 1 aliphatic rings. The second kappa shape index (κ2) is 6.51. The number of piperazine rings is 1. The first-order valence-electron chi connectivity index (χ1n) is 6.75. The molecular weight excluding hydrogens is 308 g/mol. The maximum Gasteiger partial charge on any atom is 0.0332 e. The Hall–Kier alpha value is 0.1000. The van der Waals surface area contributed by atoms with Gasteiger partial charge in [0.15, 0.2) is 0 Å². The molecule has 2 heterocycles. The van der Waals surface area contributed by atoms with E-state index in [4.69, 9.17) is 0 Å².